The second kappa shape index (κ2) is 4.25. The lowest BCUT2D eigenvalue weighted by atomic mass is 10.2. The Bertz CT molecular complexity index is 544. The van der Waals surface area contributed by atoms with Crippen LogP contribution in [0.3, 0.4) is 0 Å². The smallest absolute Gasteiger partial charge is 0.256 e. The molecule has 2 aromatic rings. The van der Waals surface area contributed by atoms with E-state index in [1.807, 2.05) is 0 Å². The number of hydrogen-bond acceptors (Lipinski definition) is 3. The van der Waals surface area contributed by atoms with Gasteiger partial charge in [0.15, 0.2) is 0 Å². The summed E-state index contributed by atoms with van der Waals surface area (Å²) >= 11 is 0. The molecule has 0 aliphatic heterocycles. The number of carbonyl (C=O) groups excluding carboxylic acids is 1. The van der Waals surface area contributed by atoms with Gasteiger partial charge in [-0.25, -0.2) is 4.39 Å². The average molecular weight is 234 g/mol. The summed E-state index contributed by atoms with van der Waals surface area (Å²) in [5.74, 6) is -0.446. The first-order valence-electron chi connectivity index (χ1n) is 4.91. The van der Waals surface area contributed by atoms with E-state index in [1.165, 1.54) is 10.7 Å². The molecule has 1 amide bonds. The van der Waals surface area contributed by atoms with E-state index in [-0.39, 0.29) is 11.3 Å². The normalized spacial score (nSPS) is 10.2. The Kier molecular flexibility index (Phi) is 2.78. The van der Waals surface area contributed by atoms with Gasteiger partial charge in [-0.15, -0.1) is 0 Å². The highest BCUT2D eigenvalue weighted by Gasteiger charge is 2.10. The highest BCUT2D eigenvalue weighted by molar-refractivity contribution is 6.04. The van der Waals surface area contributed by atoms with Gasteiger partial charge in [-0.2, -0.15) is 5.10 Å². The maximum atomic E-state index is 13.1. The van der Waals surface area contributed by atoms with E-state index in [0.717, 1.165) is 12.1 Å². The van der Waals surface area contributed by atoms with Crippen molar-refractivity contribution in [2.45, 2.75) is 0 Å². The average Bonchev–Trinajstić information content (AvgIpc) is 2.63. The minimum absolute atomic E-state index is 0.170. The monoisotopic (exact) mass is 234 g/mol. The van der Waals surface area contributed by atoms with Crippen molar-refractivity contribution in [3.05, 3.63) is 41.8 Å². The van der Waals surface area contributed by atoms with Crippen LogP contribution < -0.4 is 11.1 Å². The maximum absolute atomic E-state index is 13.1. The zero-order valence-electron chi connectivity index (χ0n) is 9.14. The van der Waals surface area contributed by atoms with Crippen LogP contribution in [0, 0.1) is 5.82 Å². The first kappa shape index (κ1) is 11.1. The van der Waals surface area contributed by atoms with Crippen molar-refractivity contribution in [1.29, 1.82) is 0 Å². The summed E-state index contributed by atoms with van der Waals surface area (Å²) in [6, 6.07) is 5.33. The molecule has 0 saturated carbocycles. The van der Waals surface area contributed by atoms with Gasteiger partial charge in [-0.3, -0.25) is 9.48 Å². The predicted octanol–water partition coefficient (Wildman–Crippen LogP) is 1.39. The first-order chi connectivity index (χ1) is 8.06. The van der Waals surface area contributed by atoms with Gasteiger partial charge in [0, 0.05) is 24.4 Å². The van der Waals surface area contributed by atoms with Gasteiger partial charge < -0.3 is 11.1 Å². The fraction of sp³-hybridized carbons (Fsp3) is 0.0909. The molecule has 3 N–H and O–H groups in total. The van der Waals surface area contributed by atoms with Crippen LogP contribution in [0.1, 0.15) is 10.4 Å². The molecule has 0 bridgehead atoms. The number of amides is 1. The van der Waals surface area contributed by atoms with Crippen molar-refractivity contribution in [2.24, 2.45) is 7.05 Å². The predicted molar refractivity (Wildman–Crippen MR) is 62.0 cm³/mol. The van der Waals surface area contributed by atoms with Crippen LogP contribution in [0.5, 0.6) is 0 Å². The van der Waals surface area contributed by atoms with Crippen molar-refractivity contribution in [3.63, 3.8) is 0 Å². The van der Waals surface area contributed by atoms with Crippen LogP contribution in [0.2, 0.25) is 0 Å². The summed E-state index contributed by atoms with van der Waals surface area (Å²) in [6.07, 6.45) is 1.55. The standard InChI is InChI=1S/C11H11FN4O/c1-16-10(2-3-14-16)15-11(17)7-4-8(12)6-9(13)5-7/h2-6H,13H2,1H3,(H,15,17). The molecule has 17 heavy (non-hydrogen) atoms. The molecule has 0 atom stereocenters. The molecule has 0 saturated heterocycles. The molecule has 0 aliphatic rings. The van der Waals surface area contributed by atoms with E-state index in [9.17, 15) is 9.18 Å². The van der Waals surface area contributed by atoms with Crippen molar-refractivity contribution >= 4 is 17.4 Å². The number of carbonyl (C=O) groups is 1. The third-order valence-corrected chi connectivity index (χ3v) is 2.24. The van der Waals surface area contributed by atoms with Gasteiger partial charge in [0.1, 0.15) is 11.6 Å². The fourth-order valence-corrected chi connectivity index (χ4v) is 1.43. The molecule has 0 unspecified atom stereocenters. The number of aryl methyl sites for hydroxylation is 1. The number of benzene rings is 1. The lowest BCUT2D eigenvalue weighted by Gasteiger charge is -2.06. The van der Waals surface area contributed by atoms with Crippen LogP contribution in [-0.2, 0) is 7.05 Å². The Morgan fingerprint density at radius 3 is 2.82 bits per heavy atom. The summed E-state index contributed by atoms with van der Waals surface area (Å²) in [7, 11) is 1.69. The molecule has 2 rings (SSSR count). The SMILES string of the molecule is Cn1nccc1NC(=O)c1cc(N)cc(F)c1. The van der Waals surface area contributed by atoms with Gasteiger partial charge in [0.05, 0.1) is 6.20 Å². The van der Waals surface area contributed by atoms with E-state index < -0.39 is 11.7 Å². The van der Waals surface area contributed by atoms with Crippen molar-refractivity contribution in [1.82, 2.24) is 9.78 Å². The van der Waals surface area contributed by atoms with Crippen molar-refractivity contribution in [3.8, 4) is 0 Å². The number of anilines is 2. The lowest BCUT2D eigenvalue weighted by molar-refractivity contribution is 0.102. The highest BCUT2D eigenvalue weighted by atomic mass is 19.1. The van der Waals surface area contributed by atoms with Gasteiger partial charge in [0.2, 0.25) is 0 Å². The third kappa shape index (κ3) is 2.41. The summed E-state index contributed by atoms with van der Waals surface area (Å²) < 4.78 is 14.6. The summed E-state index contributed by atoms with van der Waals surface area (Å²) in [5.41, 5.74) is 5.84. The molecule has 6 heteroatoms. The zero-order chi connectivity index (χ0) is 12.4. The molecule has 88 valence electrons. The molecule has 0 radical (unpaired) electrons. The fourth-order valence-electron chi connectivity index (χ4n) is 1.43. The largest absolute Gasteiger partial charge is 0.399 e. The maximum Gasteiger partial charge on any atom is 0.256 e. The summed E-state index contributed by atoms with van der Waals surface area (Å²) in [6.45, 7) is 0. The first-order valence-corrected chi connectivity index (χ1v) is 4.91. The molecular weight excluding hydrogens is 223 g/mol. The molecular formula is C11H11FN4O. The Morgan fingerprint density at radius 1 is 1.47 bits per heavy atom. The number of halogens is 1. The number of aromatic nitrogens is 2. The number of hydrogen-bond donors (Lipinski definition) is 2. The van der Waals surface area contributed by atoms with Gasteiger partial charge >= 0.3 is 0 Å². The van der Waals surface area contributed by atoms with E-state index >= 15 is 0 Å². The quantitative estimate of drug-likeness (QED) is 0.771. The van der Waals surface area contributed by atoms with Crippen molar-refractivity contribution < 1.29 is 9.18 Å². The Labute approximate surface area is 97.0 Å². The number of rotatable bonds is 2. The molecule has 1 aromatic carbocycles. The molecule has 0 spiro atoms. The van der Waals surface area contributed by atoms with Gasteiger partial charge in [0.25, 0.3) is 5.91 Å². The number of nitrogens with one attached hydrogen (secondary N) is 1. The molecule has 0 fully saturated rings. The molecule has 0 aliphatic carbocycles. The number of nitrogens with zero attached hydrogens (tertiary/aromatic N) is 2. The lowest BCUT2D eigenvalue weighted by Crippen LogP contribution is -2.15. The summed E-state index contributed by atoms with van der Waals surface area (Å²) in [4.78, 5) is 11.8. The van der Waals surface area contributed by atoms with E-state index in [4.69, 9.17) is 5.73 Å². The van der Waals surface area contributed by atoms with E-state index in [2.05, 4.69) is 10.4 Å². The van der Waals surface area contributed by atoms with Crippen LogP contribution in [0.15, 0.2) is 30.5 Å². The van der Waals surface area contributed by atoms with E-state index in [0.29, 0.717) is 5.82 Å². The number of nitrogen functional groups attached to an aromatic ring is 1. The van der Waals surface area contributed by atoms with Crippen LogP contribution >= 0.6 is 0 Å². The molecule has 1 aromatic heterocycles. The molecule has 1 heterocycles. The minimum atomic E-state index is -0.542. The molecule has 5 nitrogen and oxygen atoms in total. The van der Waals surface area contributed by atoms with Gasteiger partial charge in [-0.1, -0.05) is 0 Å². The van der Waals surface area contributed by atoms with Crippen molar-refractivity contribution in [2.75, 3.05) is 11.1 Å². The summed E-state index contributed by atoms with van der Waals surface area (Å²) in [5, 5.41) is 6.50. The third-order valence-electron chi connectivity index (χ3n) is 2.24. The Hall–Kier alpha value is -2.37. The second-order valence-electron chi connectivity index (χ2n) is 3.57. The zero-order valence-corrected chi connectivity index (χ0v) is 9.14. The van der Waals surface area contributed by atoms with Crippen LogP contribution in [-0.4, -0.2) is 15.7 Å². The Morgan fingerprint density at radius 2 is 2.24 bits per heavy atom. The van der Waals surface area contributed by atoms with Crippen LogP contribution in [0.25, 0.3) is 0 Å². The highest BCUT2D eigenvalue weighted by Crippen LogP contribution is 2.13. The van der Waals surface area contributed by atoms with E-state index in [1.54, 1.807) is 19.3 Å². The topological polar surface area (TPSA) is 72.9 Å². The minimum Gasteiger partial charge on any atom is -0.399 e. The second-order valence-corrected chi connectivity index (χ2v) is 3.57. The Balaban J connectivity index is 2.23. The van der Waals surface area contributed by atoms with Gasteiger partial charge in [-0.05, 0) is 18.2 Å². The number of nitrogens with two attached hydrogens (primary N) is 1. The van der Waals surface area contributed by atoms with Crippen LogP contribution in [0.4, 0.5) is 15.9 Å².